The lowest BCUT2D eigenvalue weighted by molar-refractivity contribution is -0.131. The molecular formula is C20H27ClN6O2. The minimum Gasteiger partial charge on any atom is -0.349 e. The predicted octanol–water partition coefficient (Wildman–Crippen LogP) is 1.63. The molecule has 1 saturated heterocycles. The van der Waals surface area contributed by atoms with Gasteiger partial charge in [0.2, 0.25) is 5.91 Å². The summed E-state index contributed by atoms with van der Waals surface area (Å²) in [6.45, 7) is 2.66. The van der Waals surface area contributed by atoms with E-state index < -0.39 is 0 Å². The molecular weight excluding hydrogens is 392 g/mol. The van der Waals surface area contributed by atoms with Gasteiger partial charge in [-0.1, -0.05) is 28.9 Å². The molecule has 0 aliphatic carbocycles. The highest BCUT2D eigenvalue weighted by atomic mass is 35.5. The van der Waals surface area contributed by atoms with Crippen molar-refractivity contribution in [3.63, 3.8) is 0 Å². The van der Waals surface area contributed by atoms with Gasteiger partial charge in [0.15, 0.2) is 5.69 Å². The van der Waals surface area contributed by atoms with Crippen LogP contribution in [0, 0.1) is 0 Å². The Morgan fingerprint density at radius 2 is 1.90 bits per heavy atom. The maximum absolute atomic E-state index is 12.5. The maximum Gasteiger partial charge on any atom is 0.273 e. The van der Waals surface area contributed by atoms with Gasteiger partial charge in [0.1, 0.15) is 0 Å². The summed E-state index contributed by atoms with van der Waals surface area (Å²) < 4.78 is 1.75. The molecule has 3 rings (SSSR count). The molecule has 0 unspecified atom stereocenters. The molecule has 1 N–H and O–H groups in total. The minimum absolute atomic E-state index is 0.116. The van der Waals surface area contributed by atoms with Gasteiger partial charge in [0, 0.05) is 31.2 Å². The van der Waals surface area contributed by atoms with Gasteiger partial charge in [0.05, 0.1) is 18.7 Å². The van der Waals surface area contributed by atoms with Gasteiger partial charge in [-0.05, 0) is 44.6 Å². The molecule has 8 nitrogen and oxygen atoms in total. The number of benzene rings is 1. The quantitative estimate of drug-likeness (QED) is 0.738. The van der Waals surface area contributed by atoms with Gasteiger partial charge in [-0.2, -0.15) is 0 Å². The van der Waals surface area contributed by atoms with Crippen molar-refractivity contribution in [1.29, 1.82) is 0 Å². The Morgan fingerprint density at radius 3 is 2.55 bits per heavy atom. The summed E-state index contributed by atoms with van der Waals surface area (Å²) in [6, 6.07) is 7.51. The SMILES string of the molecule is CN(C)CCNC(=O)c1cn(C2CCN(C(=O)Cc3ccc(Cl)cc3)CC2)nn1. The first-order chi connectivity index (χ1) is 13.9. The Kier molecular flexibility index (Phi) is 7.22. The number of rotatable bonds is 7. The van der Waals surface area contributed by atoms with Crippen LogP contribution in [-0.4, -0.2) is 76.9 Å². The van der Waals surface area contributed by atoms with E-state index in [9.17, 15) is 9.59 Å². The van der Waals surface area contributed by atoms with E-state index in [0.717, 1.165) is 24.9 Å². The van der Waals surface area contributed by atoms with Crippen LogP contribution in [0.3, 0.4) is 0 Å². The van der Waals surface area contributed by atoms with Crippen LogP contribution in [0.1, 0.15) is 34.9 Å². The van der Waals surface area contributed by atoms with Crippen molar-refractivity contribution in [3.8, 4) is 0 Å². The largest absolute Gasteiger partial charge is 0.349 e. The highest BCUT2D eigenvalue weighted by Crippen LogP contribution is 2.22. The van der Waals surface area contributed by atoms with E-state index in [1.165, 1.54) is 0 Å². The van der Waals surface area contributed by atoms with Gasteiger partial charge in [-0.25, -0.2) is 4.68 Å². The average Bonchev–Trinajstić information content (AvgIpc) is 3.20. The molecule has 1 aromatic carbocycles. The monoisotopic (exact) mass is 418 g/mol. The number of carbonyl (C=O) groups is 2. The van der Waals surface area contributed by atoms with Crippen LogP contribution in [0.5, 0.6) is 0 Å². The fourth-order valence-electron chi connectivity index (χ4n) is 3.31. The van der Waals surface area contributed by atoms with Crippen molar-refractivity contribution in [2.45, 2.75) is 25.3 Å². The number of halogens is 1. The number of likely N-dealkylation sites (N-methyl/N-ethyl adjacent to an activating group) is 1. The lowest BCUT2D eigenvalue weighted by Gasteiger charge is -2.32. The van der Waals surface area contributed by atoms with Crippen LogP contribution < -0.4 is 5.32 Å². The molecule has 0 spiro atoms. The molecule has 1 fully saturated rings. The molecule has 29 heavy (non-hydrogen) atoms. The highest BCUT2D eigenvalue weighted by Gasteiger charge is 2.25. The summed E-state index contributed by atoms with van der Waals surface area (Å²) in [4.78, 5) is 28.6. The molecule has 2 heterocycles. The number of amides is 2. The molecule has 1 aliphatic rings. The van der Waals surface area contributed by atoms with E-state index in [2.05, 4.69) is 15.6 Å². The van der Waals surface area contributed by atoms with Crippen molar-refractivity contribution in [2.75, 3.05) is 40.3 Å². The summed E-state index contributed by atoms with van der Waals surface area (Å²) in [5, 5.41) is 11.6. The van der Waals surface area contributed by atoms with Gasteiger partial charge in [-0.3, -0.25) is 9.59 Å². The van der Waals surface area contributed by atoms with E-state index >= 15 is 0 Å². The van der Waals surface area contributed by atoms with Crippen LogP contribution in [0.2, 0.25) is 5.02 Å². The number of likely N-dealkylation sites (tertiary alicyclic amines) is 1. The number of hydrogen-bond donors (Lipinski definition) is 1. The number of nitrogens with one attached hydrogen (secondary N) is 1. The summed E-state index contributed by atoms with van der Waals surface area (Å²) in [6.07, 6.45) is 3.65. The first-order valence-corrected chi connectivity index (χ1v) is 10.2. The fourth-order valence-corrected chi connectivity index (χ4v) is 3.44. The zero-order valence-electron chi connectivity index (χ0n) is 16.8. The third-order valence-electron chi connectivity index (χ3n) is 5.05. The number of aromatic nitrogens is 3. The topological polar surface area (TPSA) is 83.4 Å². The Bertz CT molecular complexity index is 828. The molecule has 2 amide bonds. The maximum atomic E-state index is 12.5. The molecule has 0 radical (unpaired) electrons. The third-order valence-corrected chi connectivity index (χ3v) is 5.30. The van der Waals surface area contributed by atoms with Crippen molar-refractivity contribution in [3.05, 3.63) is 46.7 Å². The van der Waals surface area contributed by atoms with E-state index in [1.807, 2.05) is 36.0 Å². The molecule has 9 heteroatoms. The Labute approximate surface area is 175 Å². The second kappa shape index (κ2) is 9.84. The molecule has 0 atom stereocenters. The molecule has 0 bridgehead atoms. The van der Waals surface area contributed by atoms with Gasteiger partial charge < -0.3 is 15.1 Å². The van der Waals surface area contributed by atoms with Gasteiger partial charge in [-0.15, -0.1) is 5.10 Å². The minimum atomic E-state index is -0.214. The van der Waals surface area contributed by atoms with E-state index in [-0.39, 0.29) is 17.9 Å². The smallest absolute Gasteiger partial charge is 0.273 e. The number of piperidine rings is 1. The summed E-state index contributed by atoms with van der Waals surface area (Å²) in [5.41, 5.74) is 1.28. The summed E-state index contributed by atoms with van der Waals surface area (Å²) in [5.74, 6) is -0.0981. The standard InChI is InChI=1S/C20H27ClN6O2/c1-25(2)12-9-22-20(29)18-14-27(24-23-18)17-7-10-26(11-8-17)19(28)13-15-3-5-16(21)6-4-15/h3-6,14,17H,7-13H2,1-2H3,(H,22,29). The van der Waals surface area contributed by atoms with Crippen LogP contribution in [0.4, 0.5) is 0 Å². The molecule has 1 aliphatic heterocycles. The molecule has 0 saturated carbocycles. The second-order valence-electron chi connectivity index (χ2n) is 7.56. The first-order valence-electron chi connectivity index (χ1n) is 9.79. The molecule has 156 valence electrons. The van der Waals surface area contributed by atoms with E-state index in [0.29, 0.717) is 36.8 Å². The average molecular weight is 419 g/mol. The lowest BCUT2D eigenvalue weighted by atomic mass is 10.0. The number of nitrogens with zero attached hydrogens (tertiary/aromatic N) is 5. The van der Waals surface area contributed by atoms with Crippen molar-refractivity contribution < 1.29 is 9.59 Å². The molecule has 2 aromatic rings. The van der Waals surface area contributed by atoms with Crippen molar-refractivity contribution in [2.24, 2.45) is 0 Å². The van der Waals surface area contributed by atoms with Crippen molar-refractivity contribution >= 4 is 23.4 Å². The van der Waals surface area contributed by atoms with Crippen LogP contribution in [-0.2, 0) is 11.2 Å². The summed E-state index contributed by atoms with van der Waals surface area (Å²) in [7, 11) is 3.91. The van der Waals surface area contributed by atoms with Crippen LogP contribution >= 0.6 is 11.6 Å². The van der Waals surface area contributed by atoms with Crippen molar-refractivity contribution in [1.82, 2.24) is 30.1 Å². The Morgan fingerprint density at radius 1 is 1.21 bits per heavy atom. The summed E-state index contributed by atoms with van der Waals surface area (Å²) >= 11 is 5.89. The van der Waals surface area contributed by atoms with E-state index in [1.54, 1.807) is 23.0 Å². The Hall–Kier alpha value is -2.45. The zero-order valence-corrected chi connectivity index (χ0v) is 17.6. The van der Waals surface area contributed by atoms with Gasteiger partial charge in [0.25, 0.3) is 5.91 Å². The first kappa shape index (κ1) is 21.3. The normalized spacial score (nSPS) is 15.0. The molecule has 1 aromatic heterocycles. The van der Waals surface area contributed by atoms with Gasteiger partial charge >= 0.3 is 0 Å². The predicted molar refractivity (Wildman–Crippen MR) is 111 cm³/mol. The second-order valence-corrected chi connectivity index (χ2v) is 7.99. The third kappa shape index (κ3) is 6.01. The van der Waals surface area contributed by atoms with E-state index in [4.69, 9.17) is 11.6 Å². The fraction of sp³-hybridized carbons (Fsp3) is 0.500. The zero-order chi connectivity index (χ0) is 20.8. The highest BCUT2D eigenvalue weighted by molar-refractivity contribution is 6.30. The lowest BCUT2D eigenvalue weighted by Crippen LogP contribution is -2.40. The number of carbonyl (C=O) groups excluding carboxylic acids is 2. The Balaban J connectivity index is 1.48. The number of hydrogen-bond acceptors (Lipinski definition) is 5. The van der Waals surface area contributed by atoms with Crippen LogP contribution in [0.25, 0.3) is 0 Å². The van der Waals surface area contributed by atoms with Crippen LogP contribution in [0.15, 0.2) is 30.5 Å².